The van der Waals surface area contributed by atoms with Gasteiger partial charge in [0.2, 0.25) is 0 Å². The van der Waals surface area contributed by atoms with Crippen LogP contribution in [0.1, 0.15) is 13.8 Å². The molecule has 1 N–H and O–H groups in total. The lowest BCUT2D eigenvalue weighted by Gasteiger charge is -2.22. The Kier molecular flexibility index (Phi) is 3.70. The molecule has 0 aromatic heterocycles. The molecule has 0 aliphatic rings. The maximum Gasteiger partial charge on any atom is 0.110 e. The number of hydrogen-bond donors (Lipinski definition) is 1. The Morgan fingerprint density at radius 1 is 1.33 bits per heavy atom. The molecule has 0 rings (SSSR count). The summed E-state index contributed by atoms with van der Waals surface area (Å²) in [5.74, 6) is 0. The van der Waals surface area contributed by atoms with E-state index in [1.165, 1.54) is 6.92 Å². The Bertz CT molecular complexity index is 71.5. The minimum atomic E-state index is -0.950. The molecule has 0 spiro atoms. The van der Waals surface area contributed by atoms with E-state index in [9.17, 15) is 8.78 Å². The zero-order valence-electron chi connectivity index (χ0n) is 5.88. The van der Waals surface area contributed by atoms with Crippen molar-refractivity contribution in [1.29, 1.82) is 0 Å². The van der Waals surface area contributed by atoms with Crippen molar-refractivity contribution < 1.29 is 8.78 Å². The van der Waals surface area contributed by atoms with E-state index in [1.54, 1.807) is 0 Å². The van der Waals surface area contributed by atoms with Gasteiger partial charge < -0.3 is 5.32 Å². The molecule has 0 aromatic carbocycles. The van der Waals surface area contributed by atoms with Crippen molar-refractivity contribution in [2.45, 2.75) is 19.4 Å². The highest BCUT2D eigenvalue weighted by atomic mass is 19.1. The van der Waals surface area contributed by atoms with Gasteiger partial charge in [0, 0.05) is 0 Å². The van der Waals surface area contributed by atoms with Crippen LogP contribution in [0.3, 0.4) is 0 Å². The van der Waals surface area contributed by atoms with E-state index in [2.05, 4.69) is 5.32 Å². The Labute approximate surface area is 54.4 Å². The van der Waals surface area contributed by atoms with Crippen molar-refractivity contribution in [2.75, 3.05) is 19.9 Å². The molecule has 0 bridgehead atoms. The Morgan fingerprint density at radius 2 is 1.78 bits per heavy atom. The van der Waals surface area contributed by atoms with Crippen LogP contribution in [0.25, 0.3) is 0 Å². The smallest absolute Gasteiger partial charge is 0.110 e. The fourth-order valence-corrected chi connectivity index (χ4v) is 0.557. The molecule has 9 heavy (non-hydrogen) atoms. The van der Waals surface area contributed by atoms with Crippen LogP contribution in [-0.4, -0.2) is 25.4 Å². The lowest BCUT2D eigenvalue weighted by atomic mass is 10.1. The molecule has 0 amide bonds. The van der Waals surface area contributed by atoms with Crippen molar-refractivity contribution in [3.63, 3.8) is 0 Å². The predicted octanol–water partition coefficient (Wildman–Crippen LogP) is 1.29. The molecule has 56 valence electrons. The van der Waals surface area contributed by atoms with Gasteiger partial charge in [-0.2, -0.15) is 0 Å². The number of nitrogens with one attached hydrogen (secondary N) is 1. The zero-order valence-corrected chi connectivity index (χ0v) is 5.88. The van der Waals surface area contributed by atoms with Crippen molar-refractivity contribution in [1.82, 2.24) is 5.32 Å². The average molecular weight is 137 g/mol. The summed E-state index contributed by atoms with van der Waals surface area (Å²) in [6, 6.07) is 0. The van der Waals surface area contributed by atoms with Crippen molar-refractivity contribution in [3.8, 4) is 0 Å². The van der Waals surface area contributed by atoms with Crippen LogP contribution in [-0.2, 0) is 0 Å². The molecule has 0 aliphatic carbocycles. The SMILES string of the molecule is CCNC(C)(CF)CF. The third-order valence-corrected chi connectivity index (χ3v) is 1.19. The monoisotopic (exact) mass is 137 g/mol. The fourth-order valence-electron chi connectivity index (χ4n) is 0.557. The first kappa shape index (κ1) is 8.82. The third kappa shape index (κ3) is 2.75. The summed E-state index contributed by atoms with van der Waals surface area (Å²) in [7, 11) is 0. The molecule has 0 atom stereocenters. The largest absolute Gasteiger partial charge is 0.307 e. The van der Waals surface area contributed by atoms with Gasteiger partial charge in [0.1, 0.15) is 13.3 Å². The zero-order chi connectivity index (χ0) is 7.33. The molecular weight excluding hydrogens is 124 g/mol. The van der Waals surface area contributed by atoms with Gasteiger partial charge in [-0.05, 0) is 13.5 Å². The number of alkyl halides is 2. The lowest BCUT2D eigenvalue weighted by Crippen LogP contribution is -2.46. The summed E-state index contributed by atoms with van der Waals surface area (Å²) in [5, 5.41) is 2.71. The maximum absolute atomic E-state index is 11.9. The van der Waals surface area contributed by atoms with Crippen LogP contribution < -0.4 is 5.32 Å². The van der Waals surface area contributed by atoms with E-state index in [0.29, 0.717) is 6.54 Å². The summed E-state index contributed by atoms with van der Waals surface area (Å²) < 4.78 is 23.9. The molecule has 0 unspecified atom stereocenters. The van der Waals surface area contributed by atoms with Crippen LogP contribution in [0, 0.1) is 0 Å². The molecular formula is C6H13F2N. The molecule has 0 fully saturated rings. The minimum absolute atomic E-state index is 0.602. The first-order valence-electron chi connectivity index (χ1n) is 3.05. The van der Waals surface area contributed by atoms with Crippen LogP contribution in [0.4, 0.5) is 8.78 Å². The van der Waals surface area contributed by atoms with E-state index >= 15 is 0 Å². The molecule has 0 saturated heterocycles. The molecule has 0 aliphatic heterocycles. The predicted molar refractivity (Wildman–Crippen MR) is 34.0 cm³/mol. The Balaban J connectivity index is 3.62. The van der Waals surface area contributed by atoms with Gasteiger partial charge in [-0.3, -0.25) is 0 Å². The highest BCUT2D eigenvalue weighted by Gasteiger charge is 2.21. The lowest BCUT2D eigenvalue weighted by molar-refractivity contribution is 0.214. The number of rotatable bonds is 4. The maximum atomic E-state index is 11.9. The fraction of sp³-hybridized carbons (Fsp3) is 1.00. The van der Waals surface area contributed by atoms with Crippen LogP contribution in [0.5, 0.6) is 0 Å². The topological polar surface area (TPSA) is 12.0 Å². The number of hydrogen-bond acceptors (Lipinski definition) is 1. The highest BCUT2D eigenvalue weighted by molar-refractivity contribution is 4.80. The summed E-state index contributed by atoms with van der Waals surface area (Å²) in [4.78, 5) is 0. The van der Waals surface area contributed by atoms with E-state index in [4.69, 9.17) is 0 Å². The standard InChI is InChI=1S/C6H13F2N/c1-3-9-6(2,4-7)5-8/h9H,3-5H2,1-2H3. The van der Waals surface area contributed by atoms with Gasteiger partial charge >= 0.3 is 0 Å². The number of halogens is 2. The van der Waals surface area contributed by atoms with Gasteiger partial charge in [0.05, 0.1) is 5.54 Å². The average Bonchev–Trinajstić information content (AvgIpc) is 1.89. The van der Waals surface area contributed by atoms with Gasteiger partial charge in [-0.1, -0.05) is 6.92 Å². The molecule has 0 heterocycles. The molecule has 1 nitrogen and oxygen atoms in total. The first-order valence-corrected chi connectivity index (χ1v) is 3.05. The van der Waals surface area contributed by atoms with Crippen LogP contribution in [0.15, 0.2) is 0 Å². The summed E-state index contributed by atoms with van der Waals surface area (Å²) >= 11 is 0. The highest BCUT2D eigenvalue weighted by Crippen LogP contribution is 2.03. The van der Waals surface area contributed by atoms with Crippen LogP contribution in [0.2, 0.25) is 0 Å². The summed E-state index contributed by atoms with van der Waals surface area (Å²) in [6.45, 7) is 2.64. The second kappa shape index (κ2) is 3.77. The normalized spacial score (nSPS) is 12.0. The van der Waals surface area contributed by atoms with Crippen molar-refractivity contribution in [3.05, 3.63) is 0 Å². The van der Waals surface area contributed by atoms with Gasteiger partial charge in [-0.15, -0.1) is 0 Å². The van der Waals surface area contributed by atoms with E-state index < -0.39 is 18.9 Å². The minimum Gasteiger partial charge on any atom is -0.307 e. The molecule has 0 saturated carbocycles. The van der Waals surface area contributed by atoms with Gasteiger partial charge in [-0.25, -0.2) is 8.78 Å². The van der Waals surface area contributed by atoms with Gasteiger partial charge in [0.25, 0.3) is 0 Å². The molecule has 3 heteroatoms. The van der Waals surface area contributed by atoms with E-state index in [1.807, 2.05) is 6.92 Å². The second-order valence-corrected chi connectivity index (χ2v) is 2.36. The first-order chi connectivity index (χ1) is 4.18. The van der Waals surface area contributed by atoms with E-state index in [-0.39, 0.29) is 0 Å². The van der Waals surface area contributed by atoms with Gasteiger partial charge in [0.15, 0.2) is 0 Å². The van der Waals surface area contributed by atoms with Crippen molar-refractivity contribution in [2.24, 2.45) is 0 Å². The summed E-state index contributed by atoms with van der Waals surface area (Å²) in [6.07, 6.45) is 0. The second-order valence-electron chi connectivity index (χ2n) is 2.36. The summed E-state index contributed by atoms with van der Waals surface area (Å²) in [5.41, 5.74) is -0.950. The Hall–Kier alpha value is -0.180. The van der Waals surface area contributed by atoms with Crippen molar-refractivity contribution >= 4 is 0 Å². The quantitative estimate of drug-likeness (QED) is 0.615. The molecule has 0 radical (unpaired) electrons. The third-order valence-electron chi connectivity index (χ3n) is 1.19. The molecule has 0 aromatic rings. The Morgan fingerprint density at radius 3 is 1.89 bits per heavy atom. The van der Waals surface area contributed by atoms with E-state index in [0.717, 1.165) is 0 Å². The van der Waals surface area contributed by atoms with Crippen LogP contribution >= 0.6 is 0 Å².